The number of rotatable bonds is 4. The number of carbonyl (C=O) groups is 1. The summed E-state index contributed by atoms with van der Waals surface area (Å²) in [6, 6.07) is 0.148. The van der Waals surface area contributed by atoms with E-state index in [2.05, 4.69) is 0 Å². The molecule has 2 atom stereocenters. The zero-order valence-electron chi connectivity index (χ0n) is 7.52. The maximum absolute atomic E-state index is 10.3. The van der Waals surface area contributed by atoms with E-state index in [0.717, 1.165) is 0 Å². The van der Waals surface area contributed by atoms with Gasteiger partial charge in [-0.05, 0) is 6.42 Å². The Hall–Kier alpha value is -0.650. The number of carboxylic acids is 1. The van der Waals surface area contributed by atoms with E-state index in [0.29, 0.717) is 26.1 Å². The van der Waals surface area contributed by atoms with E-state index in [1.807, 2.05) is 4.90 Å². The summed E-state index contributed by atoms with van der Waals surface area (Å²) in [7, 11) is 0. The Kier molecular flexibility index (Phi) is 3.65. The van der Waals surface area contributed by atoms with Gasteiger partial charge in [-0.3, -0.25) is 9.69 Å². The second-order valence-corrected chi connectivity index (χ2v) is 3.42. The van der Waals surface area contributed by atoms with Crippen LogP contribution in [0.15, 0.2) is 0 Å². The Morgan fingerprint density at radius 2 is 2.31 bits per heavy atom. The lowest BCUT2D eigenvalue weighted by Gasteiger charge is -2.21. The number of aliphatic hydroxyl groups excluding tert-OH is 1. The summed E-state index contributed by atoms with van der Waals surface area (Å²) in [4.78, 5) is 12.3. The number of hydrogen-bond acceptors (Lipinski definition) is 4. The maximum atomic E-state index is 10.3. The quantitative estimate of drug-likeness (QED) is 0.519. The van der Waals surface area contributed by atoms with Crippen LogP contribution in [-0.2, 0) is 4.79 Å². The van der Waals surface area contributed by atoms with E-state index in [9.17, 15) is 9.90 Å². The van der Waals surface area contributed by atoms with E-state index < -0.39 is 5.97 Å². The highest BCUT2D eigenvalue weighted by Crippen LogP contribution is 2.16. The molecule has 1 saturated heterocycles. The van der Waals surface area contributed by atoms with Gasteiger partial charge >= 0.3 is 5.97 Å². The number of nitrogens with zero attached hydrogens (tertiary/aromatic N) is 1. The van der Waals surface area contributed by atoms with E-state index in [-0.39, 0.29) is 18.6 Å². The summed E-state index contributed by atoms with van der Waals surface area (Å²) in [6.07, 6.45) is 0.432. The molecule has 2 unspecified atom stereocenters. The Bertz CT molecular complexity index is 186. The molecule has 0 amide bonds. The molecule has 0 spiro atoms. The van der Waals surface area contributed by atoms with Crippen LogP contribution in [0.4, 0.5) is 0 Å². The summed E-state index contributed by atoms with van der Waals surface area (Å²) in [5.74, 6) is -0.808. The van der Waals surface area contributed by atoms with Crippen molar-refractivity contribution >= 4 is 5.97 Å². The molecule has 1 fully saturated rings. The molecular weight excluding hydrogens is 172 g/mol. The molecule has 1 heterocycles. The third-order valence-electron chi connectivity index (χ3n) is 2.39. The van der Waals surface area contributed by atoms with Crippen LogP contribution in [-0.4, -0.2) is 52.9 Å². The molecule has 0 aromatic rings. The smallest absolute Gasteiger partial charge is 0.304 e. The van der Waals surface area contributed by atoms with Gasteiger partial charge in [0.1, 0.15) is 0 Å². The number of aliphatic hydroxyl groups is 1. The first-order chi connectivity index (χ1) is 6.13. The Morgan fingerprint density at radius 1 is 1.62 bits per heavy atom. The Balaban J connectivity index is 2.35. The van der Waals surface area contributed by atoms with Gasteiger partial charge in [0, 0.05) is 25.7 Å². The average Bonchev–Trinajstić information content (AvgIpc) is 2.42. The van der Waals surface area contributed by atoms with Crippen molar-refractivity contribution in [3.05, 3.63) is 0 Å². The summed E-state index contributed by atoms with van der Waals surface area (Å²) in [5, 5.41) is 17.8. The van der Waals surface area contributed by atoms with E-state index in [4.69, 9.17) is 10.8 Å². The first-order valence-electron chi connectivity index (χ1n) is 4.47. The first kappa shape index (κ1) is 10.4. The van der Waals surface area contributed by atoms with Crippen molar-refractivity contribution in [2.24, 2.45) is 5.73 Å². The van der Waals surface area contributed by atoms with Crippen molar-refractivity contribution in [2.75, 3.05) is 19.6 Å². The molecule has 0 aromatic heterocycles. The Labute approximate surface area is 77.1 Å². The molecule has 13 heavy (non-hydrogen) atoms. The summed E-state index contributed by atoms with van der Waals surface area (Å²) >= 11 is 0. The van der Waals surface area contributed by atoms with Crippen LogP contribution >= 0.6 is 0 Å². The van der Waals surface area contributed by atoms with Crippen molar-refractivity contribution in [3.8, 4) is 0 Å². The largest absolute Gasteiger partial charge is 0.481 e. The SMILES string of the molecule is NCC1CC(O)CN1CCC(=O)O. The lowest BCUT2D eigenvalue weighted by Crippen LogP contribution is -2.36. The van der Waals surface area contributed by atoms with E-state index in [1.165, 1.54) is 0 Å². The molecular formula is C8H16N2O3. The molecule has 0 aromatic carbocycles. The number of carboxylic acid groups (broad SMARTS) is 1. The zero-order valence-corrected chi connectivity index (χ0v) is 7.52. The van der Waals surface area contributed by atoms with Crippen LogP contribution in [0.1, 0.15) is 12.8 Å². The molecule has 0 aliphatic carbocycles. The fourth-order valence-electron chi connectivity index (χ4n) is 1.72. The van der Waals surface area contributed by atoms with Gasteiger partial charge < -0.3 is 15.9 Å². The highest BCUT2D eigenvalue weighted by atomic mass is 16.4. The van der Waals surface area contributed by atoms with Crippen LogP contribution in [0.3, 0.4) is 0 Å². The molecule has 0 radical (unpaired) electrons. The molecule has 0 saturated carbocycles. The number of likely N-dealkylation sites (tertiary alicyclic amines) is 1. The van der Waals surface area contributed by atoms with E-state index in [1.54, 1.807) is 0 Å². The number of β-amino-alcohol motifs (C(OH)–C–C–N with tert-alkyl or cyclic N) is 1. The topological polar surface area (TPSA) is 86.8 Å². The fraction of sp³-hybridized carbons (Fsp3) is 0.875. The van der Waals surface area contributed by atoms with Crippen molar-refractivity contribution < 1.29 is 15.0 Å². The van der Waals surface area contributed by atoms with Gasteiger partial charge in [0.25, 0.3) is 0 Å². The molecule has 1 aliphatic rings. The van der Waals surface area contributed by atoms with Gasteiger partial charge in [-0.25, -0.2) is 0 Å². The highest BCUT2D eigenvalue weighted by Gasteiger charge is 2.29. The van der Waals surface area contributed by atoms with Crippen molar-refractivity contribution in [1.82, 2.24) is 4.90 Å². The normalized spacial score (nSPS) is 29.4. The van der Waals surface area contributed by atoms with E-state index >= 15 is 0 Å². The van der Waals surface area contributed by atoms with Crippen LogP contribution < -0.4 is 5.73 Å². The molecule has 4 N–H and O–H groups in total. The molecule has 0 bridgehead atoms. The second kappa shape index (κ2) is 4.55. The molecule has 76 valence electrons. The van der Waals surface area contributed by atoms with Gasteiger partial charge in [0.05, 0.1) is 12.5 Å². The third kappa shape index (κ3) is 2.95. The van der Waals surface area contributed by atoms with Crippen molar-refractivity contribution in [3.63, 3.8) is 0 Å². The monoisotopic (exact) mass is 188 g/mol. The standard InChI is InChI=1S/C8H16N2O3/c9-4-6-3-7(11)5-10(6)2-1-8(12)13/h6-7,11H,1-5,9H2,(H,12,13). The predicted molar refractivity (Wildman–Crippen MR) is 47.3 cm³/mol. The van der Waals surface area contributed by atoms with Gasteiger partial charge in [-0.15, -0.1) is 0 Å². The summed E-state index contributed by atoms with van der Waals surface area (Å²) < 4.78 is 0. The average molecular weight is 188 g/mol. The third-order valence-corrected chi connectivity index (χ3v) is 2.39. The maximum Gasteiger partial charge on any atom is 0.304 e. The fourth-order valence-corrected chi connectivity index (χ4v) is 1.72. The van der Waals surface area contributed by atoms with Crippen molar-refractivity contribution in [2.45, 2.75) is 25.0 Å². The van der Waals surface area contributed by atoms with Gasteiger partial charge in [-0.1, -0.05) is 0 Å². The Morgan fingerprint density at radius 3 is 2.85 bits per heavy atom. The minimum absolute atomic E-state index is 0.114. The van der Waals surface area contributed by atoms with Gasteiger partial charge in [0.2, 0.25) is 0 Å². The van der Waals surface area contributed by atoms with Crippen LogP contribution in [0.2, 0.25) is 0 Å². The van der Waals surface area contributed by atoms with Gasteiger partial charge in [0.15, 0.2) is 0 Å². The minimum Gasteiger partial charge on any atom is -0.481 e. The number of hydrogen-bond donors (Lipinski definition) is 3. The molecule has 1 rings (SSSR count). The number of nitrogens with two attached hydrogens (primary N) is 1. The van der Waals surface area contributed by atoms with Crippen LogP contribution in [0.5, 0.6) is 0 Å². The second-order valence-electron chi connectivity index (χ2n) is 3.42. The minimum atomic E-state index is -0.808. The van der Waals surface area contributed by atoms with Crippen molar-refractivity contribution in [1.29, 1.82) is 0 Å². The van der Waals surface area contributed by atoms with Crippen LogP contribution in [0, 0.1) is 0 Å². The van der Waals surface area contributed by atoms with Crippen LogP contribution in [0.25, 0.3) is 0 Å². The lowest BCUT2D eigenvalue weighted by atomic mass is 10.2. The zero-order chi connectivity index (χ0) is 9.84. The molecule has 1 aliphatic heterocycles. The predicted octanol–water partition coefficient (Wildman–Crippen LogP) is -1.14. The number of aliphatic carboxylic acids is 1. The highest BCUT2D eigenvalue weighted by molar-refractivity contribution is 5.66. The molecule has 5 heteroatoms. The lowest BCUT2D eigenvalue weighted by molar-refractivity contribution is -0.137. The summed E-state index contributed by atoms with van der Waals surface area (Å²) in [6.45, 7) is 1.51. The van der Waals surface area contributed by atoms with Gasteiger partial charge in [-0.2, -0.15) is 0 Å². The first-order valence-corrected chi connectivity index (χ1v) is 4.47. The molecule has 5 nitrogen and oxygen atoms in total. The summed E-state index contributed by atoms with van der Waals surface area (Å²) in [5.41, 5.74) is 5.49.